The number of morpholine rings is 1. The van der Waals surface area contributed by atoms with E-state index in [0.29, 0.717) is 32.6 Å². The van der Waals surface area contributed by atoms with Crippen LogP contribution in [0.4, 0.5) is 0 Å². The molecular weight excluding hydrogens is 554 g/mol. The van der Waals surface area contributed by atoms with E-state index in [2.05, 4.69) is 10.3 Å². The second-order valence-corrected chi connectivity index (χ2v) is 13.8. The van der Waals surface area contributed by atoms with Crippen LogP contribution in [0, 0.1) is 0 Å². The molecule has 40 heavy (non-hydrogen) atoms. The Bertz CT molecular complexity index is 1400. The third-order valence-corrected chi connectivity index (χ3v) is 10.9. The summed E-state index contributed by atoms with van der Waals surface area (Å²) in [4.78, 5) is 18.7. The number of likely N-dealkylation sites (N-methyl/N-ethyl adjacent to an activating group) is 1. The molecule has 2 aromatic rings. The SMILES string of the molecule is CN(CCc1ccc(C2=NCCN2)cc1)C(=O)CCCN(C)S(=O)(=O)c1ccc(S(=O)(=O)N2CCOCC2)cc1. The summed E-state index contributed by atoms with van der Waals surface area (Å²) < 4.78 is 59.4. The Balaban J connectivity index is 1.23. The number of sulfonamides is 2. The number of carbonyl (C=O) groups is 1. The normalized spacial score (nSPS) is 16.5. The predicted octanol–water partition coefficient (Wildman–Crippen LogP) is 1.16. The molecule has 11 nitrogen and oxygen atoms in total. The molecule has 4 rings (SSSR count). The number of benzene rings is 2. The average molecular weight is 592 g/mol. The van der Waals surface area contributed by atoms with Crippen LogP contribution >= 0.6 is 0 Å². The number of aliphatic imine (C=N–C) groups is 1. The van der Waals surface area contributed by atoms with Gasteiger partial charge in [-0.05, 0) is 42.7 Å². The van der Waals surface area contributed by atoms with Crippen molar-refractivity contribution in [3.05, 3.63) is 59.7 Å². The third-order valence-electron chi connectivity index (χ3n) is 7.07. The molecule has 2 aliphatic rings. The molecule has 0 unspecified atom stereocenters. The van der Waals surface area contributed by atoms with E-state index >= 15 is 0 Å². The van der Waals surface area contributed by atoms with E-state index in [1.54, 1.807) is 11.9 Å². The van der Waals surface area contributed by atoms with Gasteiger partial charge in [0, 0.05) is 58.8 Å². The lowest BCUT2D eigenvalue weighted by atomic mass is 10.1. The Kier molecular flexibility index (Phi) is 9.95. The minimum atomic E-state index is -3.83. The van der Waals surface area contributed by atoms with E-state index in [0.717, 1.165) is 30.1 Å². The molecule has 0 bridgehead atoms. The molecule has 2 aliphatic heterocycles. The number of amidine groups is 1. The Labute approximate surface area is 236 Å². The number of ether oxygens (including phenoxy) is 1. The van der Waals surface area contributed by atoms with Crippen molar-refractivity contribution in [3.63, 3.8) is 0 Å². The molecule has 1 fully saturated rings. The third kappa shape index (κ3) is 7.26. The van der Waals surface area contributed by atoms with Crippen LogP contribution in [0.5, 0.6) is 0 Å². The van der Waals surface area contributed by atoms with Crippen molar-refractivity contribution >= 4 is 31.8 Å². The van der Waals surface area contributed by atoms with Crippen LogP contribution in [-0.2, 0) is 36.0 Å². The lowest BCUT2D eigenvalue weighted by Crippen LogP contribution is -2.40. The molecular formula is C27H37N5O6S2. The van der Waals surface area contributed by atoms with Crippen LogP contribution in [0.3, 0.4) is 0 Å². The van der Waals surface area contributed by atoms with Crippen LogP contribution in [0.25, 0.3) is 0 Å². The monoisotopic (exact) mass is 591 g/mol. The van der Waals surface area contributed by atoms with Gasteiger partial charge in [-0.2, -0.15) is 4.31 Å². The van der Waals surface area contributed by atoms with E-state index < -0.39 is 20.0 Å². The van der Waals surface area contributed by atoms with Gasteiger partial charge < -0.3 is 15.0 Å². The Morgan fingerprint density at radius 1 is 0.950 bits per heavy atom. The van der Waals surface area contributed by atoms with Crippen molar-refractivity contribution in [1.29, 1.82) is 0 Å². The minimum absolute atomic E-state index is 0.00109. The molecule has 0 aliphatic carbocycles. The van der Waals surface area contributed by atoms with Crippen LogP contribution in [0.1, 0.15) is 24.0 Å². The van der Waals surface area contributed by atoms with E-state index in [1.165, 1.54) is 39.9 Å². The van der Waals surface area contributed by atoms with Crippen LogP contribution in [-0.4, -0.2) is 109 Å². The average Bonchev–Trinajstić information content (AvgIpc) is 3.52. The number of nitrogens with zero attached hydrogens (tertiary/aromatic N) is 4. The first-order valence-corrected chi connectivity index (χ1v) is 16.2. The first kappa shape index (κ1) is 30.1. The zero-order chi connectivity index (χ0) is 28.8. The zero-order valence-corrected chi connectivity index (χ0v) is 24.6. The molecule has 0 radical (unpaired) electrons. The molecule has 2 aromatic carbocycles. The fourth-order valence-electron chi connectivity index (χ4n) is 4.51. The summed E-state index contributed by atoms with van der Waals surface area (Å²) in [5, 5.41) is 3.25. The predicted molar refractivity (Wildman–Crippen MR) is 152 cm³/mol. The molecule has 0 atom stereocenters. The van der Waals surface area contributed by atoms with Crippen molar-refractivity contribution in [3.8, 4) is 0 Å². The Morgan fingerprint density at radius 2 is 1.60 bits per heavy atom. The summed E-state index contributed by atoms with van der Waals surface area (Å²) in [6.07, 6.45) is 1.30. The smallest absolute Gasteiger partial charge is 0.243 e. The van der Waals surface area contributed by atoms with Gasteiger partial charge in [0.05, 0.1) is 29.5 Å². The highest BCUT2D eigenvalue weighted by atomic mass is 32.2. The maximum Gasteiger partial charge on any atom is 0.243 e. The Hall–Kier alpha value is -2.84. The van der Waals surface area contributed by atoms with Gasteiger partial charge in [0.25, 0.3) is 0 Å². The fourth-order valence-corrected chi connectivity index (χ4v) is 7.12. The molecule has 1 amide bonds. The highest BCUT2D eigenvalue weighted by molar-refractivity contribution is 7.89. The van der Waals surface area contributed by atoms with Gasteiger partial charge in [0.1, 0.15) is 5.84 Å². The highest BCUT2D eigenvalue weighted by Crippen LogP contribution is 2.21. The minimum Gasteiger partial charge on any atom is -0.379 e. The number of hydrogen-bond acceptors (Lipinski definition) is 8. The van der Waals surface area contributed by atoms with Crippen LogP contribution in [0.15, 0.2) is 63.3 Å². The second-order valence-electron chi connectivity index (χ2n) is 9.84. The van der Waals surface area contributed by atoms with Gasteiger partial charge in [-0.25, -0.2) is 21.1 Å². The van der Waals surface area contributed by atoms with E-state index in [1.807, 2.05) is 24.3 Å². The maximum atomic E-state index is 13.0. The maximum absolute atomic E-state index is 13.0. The van der Waals surface area contributed by atoms with Gasteiger partial charge in [-0.1, -0.05) is 24.3 Å². The molecule has 0 saturated carbocycles. The summed E-state index contributed by atoms with van der Waals surface area (Å²) in [6, 6.07) is 13.4. The highest BCUT2D eigenvalue weighted by Gasteiger charge is 2.27. The van der Waals surface area contributed by atoms with Crippen molar-refractivity contribution in [2.45, 2.75) is 29.1 Å². The van der Waals surface area contributed by atoms with Gasteiger partial charge >= 0.3 is 0 Å². The lowest BCUT2D eigenvalue weighted by molar-refractivity contribution is -0.130. The van der Waals surface area contributed by atoms with Gasteiger partial charge in [-0.15, -0.1) is 0 Å². The van der Waals surface area contributed by atoms with Crippen molar-refractivity contribution in [1.82, 2.24) is 18.8 Å². The number of rotatable bonds is 12. The fraction of sp³-hybridized carbons (Fsp3) is 0.481. The van der Waals surface area contributed by atoms with Crippen LogP contribution < -0.4 is 5.32 Å². The summed E-state index contributed by atoms with van der Waals surface area (Å²) in [5.41, 5.74) is 2.18. The van der Waals surface area contributed by atoms with Gasteiger partial charge in [0.15, 0.2) is 0 Å². The first-order valence-electron chi connectivity index (χ1n) is 13.3. The molecule has 0 aromatic heterocycles. The molecule has 2 heterocycles. The topological polar surface area (TPSA) is 129 Å². The standard InChI is InChI=1S/C27H37N5O6S2/c1-30(17-13-22-5-7-23(8-6-22)27-28-14-15-29-27)26(33)4-3-16-31(2)39(34,35)24-9-11-25(12-10-24)40(36,37)32-18-20-38-21-19-32/h5-12H,3-4,13-21H2,1-2H3,(H,28,29). The molecule has 1 N–H and O–H groups in total. The van der Waals surface area contributed by atoms with Crippen molar-refractivity contribution in [2.75, 3.05) is 66.6 Å². The number of hydrogen-bond donors (Lipinski definition) is 1. The lowest BCUT2D eigenvalue weighted by Gasteiger charge is -2.26. The number of amides is 1. The summed E-state index contributed by atoms with van der Waals surface area (Å²) >= 11 is 0. The molecule has 218 valence electrons. The summed E-state index contributed by atoms with van der Waals surface area (Å²) in [7, 11) is -4.33. The van der Waals surface area contributed by atoms with Gasteiger partial charge in [-0.3, -0.25) is 9.79 Å². The second kappa shape index (κ2) is 13.2. The van der Waals surface area contributed by atoms with E-state index in [4.69, 9.17) is 4.74 Å². The summed E-state index contributed by atoms with van der Waals surface area (Å²) in [6.45, 7) is 3.57. The summed E-state index contributed by atoms with van der Waals surface area (Å²) in [5.74, 6) is 0.865. The molecule has 1 saturated heterocycles. The Morgan fingerprint density at radius 3 is 2.23 bits per heavy atom. The number of carbonyl (C=O) groups excluding carboxylic acids is 1. The van der Waals surface area contributed by atoms with Gasteiger partial charge in [0.2, 0.25) is 26.0 Å². The van der Waals surface area contributed by atoms with Crippen molar-refractivity contribution < 1.29 is 26.4 Å². The van der Waals surface area contributed by atoms with Crippen molar-refractivity contribution in [2.24, 2.45) is 4.99 Å². The molecule has 13 heteroatoms. The molecule has 0 spiro atoms. The first-order chi connectivity index (χ1) is 19.1. The van der Waals surface area contributed by atoms with E-state index in [-0.39, 0.29) is 41.8 Å². The van der Waals surface area contributed by atoms with Crippen LogP contribution in [0.2, 0.25) is 0 Å². The largest absolute Gasteiger partial charge is 0.379 e. The number of nitrogens with one attached hydrogen (secondary N) is 1. The zero-order valence-electron chi connectivity index (χ0n) is 23.0. The quantitative estimate of drug-likeness (QED) is 0.392. The van der Waals surface area contributed by atoms with E-state index in [9.17, 15) is 21.6 Å².